The van der Waals surface area contributed by atoms with Crippen LogP contribution in [0.1, 0.15) is 22.4 Å². The number of H-pyrrole nitrogens is 1. The van der Waals surface area contributed by atoms with Gasteiger partial charge in [0.1, 0.15) is 0 Å². The Morgan fingerprint density at radius 3 is 2.93 bits per heavy atom. The molecule has 0 saturated carbocycles. The first-order valence-electron chi connectivity index (χ1n) is 5.13. The largest absolute Gasteiger partial charge is 0.352 e. The summed E-state index contributed by atoms with van der Waals surface area (Å²) in [6, 6.07) is 4.42. The summed E-state index contributed by atoms with van der Waals surface area (Å²) in [5.74, 6) is 0. The number of hydrogen-bond acceptors (Lipinski definition) is 2. The molecule has 0 radical (unpaired) electrons. The minimum Gasteiger partial charge on any atom is -0.352 e. The first-order valence-corrected chi connectivity index (χ1v) is 5.13. The number of nitrogens with zero attached hydrogens (tertiary/aromatic N) is 1. The third-order valence-corrected chi connectivity index (χ3v) is 2.96. The lowest BCUT2D eigenvalue weighted by Gasteiger charge is -2.20. The van der Waals surface area contributed by atoms with Crippen LogP contribution in [-0.2, 0) is 6.42 Å². The number of fused-ring (bicyclic) bond motifs is 2. The third-order valence-electron chi connectivity index (χ3n) is 2.96. The van der Waals surface area contributed by atoms with Gasteiger partial charge in [-0.25, -0.2) is 0 Å². The first-order chi connectivity index (χ1) is 7.24. The lowest BCUT2D eigenvalue weighted by Crippen LogP contribution is -2.07. The van der Waals surface area contributed by atoms with E-state index in [1.807, 2.05) is 6.20 Å². The van der Waals surface area contributed by atoms with Crippen molar-refractivity contribution in [2.75, 3.05) is 5.32 Å². The highest BCUT2D eigenvalue weighted by atomic mass is 15.1. The summed E-state index contributed by atoms with van der Waals surface area (Å²) in [5.41, 5.74) is 7.52. The Kier molecular flexibility index (Phi) is 1.63. The molecule has 2 aromatic rings. The minimum absolute atomic E-state index is 0.948. The van der Waals surface area contributed by atoms with E-state index >= 15 is 0 Å². The second kappa shape index (κ2) is 2.86. The Bertz CT molecular complexity index is 526. The molecule has 1 aliphatic heterocycles. The molecule has 1 aliphatic rings. The van der Waals surface area contributed by atoms with Crippen LogP contribution in [0.25, 0.3) is 0 Å². The van der Waals surface area contributed by atoms with E-state index in [2.05, 4.69) is 41.5 Å². The molecule has 2 N–H and O–H groups in total. The Hall–Kier alpha value is -1.77. The molecule has 0 unspecified atom stereocenters. The van der Waals surface area contributed by atoms with Crippen LogP contribution in [-0.4, -0.2) is 10.2 Å². The third kappa shape index (κ3) is 1.23. The monoisotopic (exact) mass is 199 g/mol. The van der Waals surface area contributed by atoms with Gasteiger partial charge in [0.2, 0.25) is 0 Å². The smallest absolute Gasteiger partial charge is 0.0804 e. The van der Waals surface area contributed by atoms with Gasteiger partial charge >= 0.3 is 0 Å². The molecule has 1 aromatic carbocycles. The summed E-state index contributed by atoms with van der Waals surface area (Å²) in [6.45, 7) is 4.29. The van der Waals surface area contributed by atoms with E-state index in [0.717, 1.165) is 12.1 Å². The van der Waals surface area contributed by atoms with Gasteiger partial charge in [-0.15, -0.1) is 0 Å². The fourth-order valence-corrected chi connectivity index (χ4v) is 2.22. The number of nitrogens with one attached hydrogen (secondary N) is 2. The number of benzene rings is 1. The number of aryl methyl sites for hydroxylation is 2. The van der Waals surface area contributed by atoms with Crippen LogP contribution < -0.4 is 5.32 Å². The van der Waals surface area contributed by atoms with Gasteiger partial charge in [-0.2, -0.15) is 5.10 Å². The van der Waals surface area contributed by atoms with E-state index in [1.54, 1.807) is 0 Å². The van der Waals surface area contributed by atoms with Crippen molar-refractivity contribution >= 4 is 11.4 Å². The number of rotatable bonds is 0. The van der Waals surface area contributed by atoms with E-state index in [0.29, 0.717) is 0 Å². The van der Waals surface area contributed by atoms with Gasteiger partial charge in [0.25, 0.3) is 0 Å². The summed E-state index contributed by atoms with van der Waals surface area (Å²) in [4.78, 5) is 0. The highest BCUT2D eigenvalue weighted by molar-refractivity contribution is 5.71. The van der Waals surface area contributed by atoms with Crippen molar-refractivity contribution in [2.45, 2.75) is 20.3 Å². The standard InChI is InChI=1S/C12H13N3/c1-7-3-8(2)9-5-11-12(6-13-15-11)14-10(9)4-7/h3-4,6,14H,5H2,1-2H3,(H,13,15). The molecule has 0 amide bonds. The molecule has 3 heteroatoms. The molecular formula is C12H13N3. The van der Waals surface area contributed by atoms with Gasteiger partial charge in [0.05, 0.1) is 17.6 Å². The molecule has 0 aliphatic carbocycles. The molecule has 0 bridgehead atoms. The summed E-state index contributed by atoms with van der Waals surface area (Å²) in [6.07, 6.45) is 2.79. The number of hydrogen-bond donors (Lipinski definition) is 2. The average Bonchev–Trinajstić information content (AvgIpc) is 2.61. The average molecular weight is 199 g/mol. The quantitative estimate of drug-likeness (QED) is 0.584. The Morgan fingerprint density at radius 1 is 1.20 bits per heavy atom. The molecule has 3 rings (SSSR count). The van der Waals surface area contributed by atoms with Crippen molar-refractivity contribution in [2.24, 2.45) is 0 Å². The maximum absolute atomic E-state index is 4.05. The second-order valence-corrected chi connectivity index (χ2v) is 4.17. The van der Waals surface area contributed by atoms with Gasteiger partial charge in [0, 0.05) is 12.1 Å². The van der Waals surface area contributed by atoms with Crippen LogP contribution in [0, 0.1) is 13.8 Å². The van der Waals surface area contributed by atoms with Crippen molar-refractivity contribution in [1.29, 1.82) is 0 Å². The molecule has 2 heterocycles. The number of aromatic amines is 1. The summed E-state index contributed by atoms with van der Waals surface area (Å²) >= 11 is 0. The van der Waals surface area contributed by atoms with Crippen molar-refractivity contribution in [1.82, 2.24) is 10.2 Å². The van der Waals surface area contributed by atoms with Gasteiger partial charge in [-0.1, -0.05) is 6.07 Å². The van der Waals surface area contributed by atoms with E-state index < -0.39 is 0 Å². The first kappa shape index (κ1) is 8.53. The maximum Gasteiger partial charge on any atom is 0.0804 e. The molecule has 0 spiro atoms. The predicted octanol–water partition coefficient (Wildman–Crippen LogP) is 2.67. The van der Waals surface area contributed by atoms with Gasteiger partial charge < -0.3 is 5.32 Å². The van der Waals surface area contributed by atoms with Crippen molar-refractivity contribution in [3.63, 3.8) is 0 Å². The van der Waals surface area contributed by atoms with Crippen LogP contribution in [0.2, 0.25) is 0 Å². The molecule has 0 saturated heterocycles. The molecule has 76 valence electrons. The van der Waals surface area contributed by atoms with Crippen LogP contribution in [0.4, 0.5) is 11.4 Å². The minimum atomic E-state index is 0.948. The van der Waals surface area contributed by atoms with Gasteiger partial charge in [0.15, 0.2) is 0 Å². The second-order valence-electron chi connectivity index (χ2n) is 4.17. The van der Waals surface area contributed by atoms with Crippen molar-refractivity contribution in [3.05, 3.63) is 40.7 Å². The number of aromatic nitrogens is 2. The lowest BCUT2D eigenvalue weighted by atomic mass is 9.96. The Balaban J connectivity index is 2.17. The fourth-order valence-electron chi connectivity index (χ4n) is 2.22. The Labute approximate surface area is 88.5 Å². The van der Waals surface area contributed by atoms with Crippen LogP contribution in [0.15, 0.2) is 18.3 Å². The summed E-state index contributed by atoms with van der Waals surface area (Å²) in [7, 11) is 0. The predicted molar refractivity (Wildman–Crippen MR) is 60.6 cm³/mol. The molecule has 0 atom stereocenters. The summed E-state index contributed by atoms with van der Waals surface area (Å²) in [5, 5.41) is 10.5. The van der Waals surface area contributed by atoms with E-state index in [1.165, 1.54) is 28.1 Å². The SMILES string of the molecule is Cc1cc(C)c2c(c1)Nc1cn[nH]c1C2. The van der Waals surface area contributed by atoms with E-state index in [4.69, 9.17) is 0 Å². The zero-order valence-corrected chi connectivity index (χ0v) is 8.89. The van der Waals surface area contributed by atoms with E-state index in [-0.39, 0.29) is 0 Å². The maximum atomic E-state index is 4.05. The van der Waals surface area contributed by atoms with Crippen LogP contribution in [0.3, 0.4) is 0 Å². The highest BCUT2D eigenvalue weighted by Crippen LogP contribution is 2.33. The highest BCUT2D eigenvalue weighted by Gasteiger charge is 2.17. The van der Waals surface area contributed by atoms with Crippen LogP contribution in [0.5, 0.6) is 0 Å². The topological polar surface area (TPSA) is 40.7 Å². The van der Waals surface area contributed by atoms with Crippen molar-refractivity contribution < 1.29 is 0 Å². The van der Waals surface area contributed by atoms with Gasteiger partial charge in [-0.3, -0.25) is 5.10 Å². The lowest BCUT2D eigenvalue weighted by molar-refractivity contribution is 0.984. The normalized spacial score (nSPS) is 12.9. The number of anilines is 2. The zero-order chi connectivity index (χ0) is 10.4. The zero-order valence-electron chi connectivity index (χ0n) is 8.89. The van der Waals surface area contributed by atoms with Crippen molar-refractivity contribution in [3.8, 4) is 0 Å². The molecule has 3 nitrogen and oxygen atoms in total. The van der Waals surface area contributed by atoms with Crippen LogP contribution >= 0.6 is 0 Å². The van der Waals surface area contributed by atoms with Gasteiger partial charge in [-0.05, 0) is 36.6 Å². The fraction of sp³-hybridized carbons (Fsp3) is 0.250. The van der Waals surface area contributed by atoms with E-state index in [9.17, 15) is 0 Å². The molecule has 15 heavy (non-hydrogen) atoms. The summed E-state index contributed by atoms with van der Waals surface area (Å²) < 4.78 is 0. The Morgan fingerprint density at radius 2 is 2.07 bits per heavy atom. The molecular weight excluding hydrogens is 186 g/mol. The molecule has 0 fully saturated rings. The molecule has 1 aromatic heterocycles.